The summed E-state index contributed by atoms with van der Waals surface area (Å²) < 4.78 is 1.80. The van der Waals surface area contributed by atoms with Crippen molar-refractivity contribution in [2.45, 2.75) is 12.8 Å². The van der Waals surface area contributed by atoms with E-state index in [2.05, 4.69) is 16.5 Å². The summed E-state index contributed by atoms with van der Waals surface area (Å²) in [6, 6.07) is 4.09. The zero-order valence-corrected chi connectivity index (χ0v) is 7.82. The summed E-state index contributed by atoms with van der Waals surface area (Å²) in [5.74, 6) is 0. The lowest BCUT2D eigenvalue weighted by Gasteiger charge is -1.98. The highest BCUT2D eigenvalue weighted by atomic mass is 15.2. The average Bonchev–Trinajstić information content (AvgIpc) is 2.51. The Balaban J connectivity index is 2.10. The van der Waals surface area contributed by atoms with E-state index >= 15 is 0 Å². The van der Waals surface area contributed by atoms with Gasteiger partial charge in [-0.05, 0) is 6.07 Å². The Morgan fingerprint density at radius 1 is 1.62 bits per heavy atom. The lowest BCUT2D eigenvalue weighted by molar-refractivity contribution is 0.670. The standard InChI is InChI=1S/C9H14N4/c1-13-8-4-9(12-13)3-7-11-6-2-5-10/h4,8,11H,2-3,6-7H2,1H3. The van der Waals surface area contributed by atoms with E-state index in [0.717, 1.165) is 25.2 Å². The van der Waals surface area contributed by atoms with Crippen LogP contribution in [0.1, 0.15) is 12.1 Å². The first-order chi connectivity index (χ1) is 6.33. The van der Waals surface area contributed by atoms with Crippen molar-refractivity contribution in [3.8, 4) is 6.07 Å². The SMILES string of the molecule is Cn1ccc(CCNCCC#N)n1. The third kappa shape index (κ3) is 3.72. The highest BCUT2D eigenvalue weighted by molar-refractivity contribution is 4.98. The lowest BCUT2D eigenvalue weighted by Crippen LogP contribution is -2.18. The molecule has 0 unspecified atom stereocenters. The molecule has 1 rings (SSSR count). The average molecular weight is 178 g/mol. The van der Waals surface area contributed by atoms with E-state index in [1.54, 1.807) is 4.68 Å². The van der Waals surface area contributed by atoms with Gasteiger partial charge in [0.25, 0.3) is 0 Å². The molecule has 0 saturated carbocycles. The molecule has 0 bridgehead atoms. The highest BCUT2D eigenvalue weighted by Gasteiger charge is 1.95. The maximum absolute atomic E-state index is 8.28. The van der Waals surface area contributed by atoms with Crippen molar-refractivity contribution in [1.29, 1.82) is 5.26 Å². The molecule has 0 fully saturated rings. The molecular weight excluding hydrogens is 164 g/mol. The summed E-state index contributed by atoms with van der Waals surface area (Å²) in [4.78, 5) is 0. The number of nitrogens with one attached hydrogen (secondary N) is 1. The first-order valence-electron chi connectivity index (χ1n) is 4.39. The second-order valence-electron chi connectivity index (χ2n) is 2.89. The monoisotopic (exact) mass is 178 g/mol. The van der Waals surface area contributed by atoms with Gasteiger partial charge in [-0.1, -0.05) is 0 Å². The molecule has 1 N–H and O–H groups in total. The Morgan fingerprint density at radius 2 is 2.46 bits per heavy atom. The van der Waals surface area contributed by atoms with Gasteiger partial charge < -0.3 is 5.32 Å². The normalized spacial score (nSPS) is 9.85. The number of aryl methyl sites for hydroxylation is 1. The van der Waals surface area contributed by atoms with Crippen molar-refractivity contribution in [3.05, 3.63) is 18.0 Å². The Bertz CT molecular complexity index is 284. The molecule has 0 aliphatic rings. The van der Waals surface area contributed by atoms with Crippen LogP contribution in [0.5, 0.6) is 0 Å². The summed E-state index contributed by atoms with van der Waals surface area (Å²) in [5.41, 5.74) is 1.09. The quantitative estimate of drug-likeness (QED) is 0.667. The Kier molecular flexibility index (Phi) is 4.00. The second kappa shape index (κ2) is 5.33. The van der Waals surface area contributed by atoms with Gasteiger partial charge in [-0.15, -0.1) is 0 Å². The first-order valence-corrected chi connectivity index (χ1v) is 4.39. The van der Waals surface area contributed by atoms with Crippen LogP contribution in [-0.4, -0.2) is 22.9 Å². The summed E-state index contributed by atoms with van der Waals surface area (Å²) in [7, 11) is 1.91. The molecule has 70 valence electrons. The largest absolute Gasteiger partial charge is 0.315 e. The van der Waals surface area contributed by atoms with Crippen molar-refractivity contribution in [3.63, 3.8) is 0 Å². The van der Waals surface area contributed by atoms with Crippen LogP contribution in [-0.2, 0) is 13.5 Å². The minimum absolute atomic E-state index is 0.572. The van der Waals surface area contributed by atoms with Crippen molar-refractivity contribution < 1.29 is 0 Å². The van der Waals surface area contributed by atoms with Crippen molar-refractivity contribution in [2.75, 3.05) is 13.1 Å². The minimum atomic E-state index is 0.572. The van der Waals surface area contributed by atoms with Gasteiger partial charge in [0.2, 0.25) is 0 Å². The number of nitriles is 1. The van der Waals surface area contributed by atoms with Crippen LogP contribution in [0.25, 0.3) is 0 Å². The topological polar surface area (TPSA) is 53.6 Å². The minimum Gasteiger partial charge on any atom is -0.315 e. The molecule has 0 aliphatic carbocycles. The Hall–Kier alpha value is -1.34. The fourth-order valence-corrected chi connectivity index (χ4v) is 1.08. The zero-order valence-electron chi connectivity index (χ0n) is 7.82. The fraction of sp³-hybridized carbons (Fsp3) is 0.556. The van der Waals surface area contributed by atoms with Crippen LogP contribution < -0.4 is 5.32 Å². The summed E-state index contributed by atoms with van der Waals surface area (Å²) >= 11 is 0. The van der Waals surface area contributed by atoms with E-state index in [-0.39, 0.29) is 0 Å². The highest BCUT2D eigenvalue weighted by Crippen LogP contribution is 1.93. The molecule has 0 atom stereocenters. The Labute approximate surface area is 78.2 Å². The second-order valence-corrected chi connectivity index (χ2v) is 2.89. The maximum Gasteiger partial charge on any atom is 0.0637 e. The van der Waals surface area contributed by atoms with Crippen LogP contribution in [0.3, 0.4) is 0 Å². The smallest absolute Gasteiger partial charge is 0.0637 e. The maximum atomic E-state index is 8.28. The molecule has 1 aromatic heterocycles. The van der Waals surface area contributed by atoms with Gasteiger partial charge in [0.1, 0.15) is 0 Å². The number of nitrogens with zero attached hydrogens (tertiary/aromatic N) is 3. The van der Waals surface area contributed by atoms with Gasteiger partial charge in [-0.2, -0.15) is 10.4 Å². The van der Waals surface area contributed by atoms with E-state index in [1.165, 1.54) is 0 Å². The number of hydrogen-bond donors (Lipinski definition) is 1. The molecule has 0 spiro atoms. The van der Waals surface area contributed by atoms with Crippen molar-refractivity contribution in [1.82, 2.24) is 15.1 Å². The van der Waals surface area contributed by atoms with Gasteiger partial charge in [-0.25, -0.2) is 0 Å². The lowest BCUT2D eigenvalue weighted by atomic mass is 10.3. The van der Waals surface area contributed by atoms with E-state index in [0.29, 0.717) is 6.42 Å². The van der Waals surface area contributed by atoms with Crippen LogP contribution in [0.4, 0.5) is 0 Å². The molecule has 0 aromatic carbocycles. The zero-order chi connectivity index (χ0) is 9.52. The van der Waals surface area contributed by atoms with E-state index in [1.807, 2.05) is 19.3 Å². The van der Waals surface area contributed by atoms with E-state index in [4.69, 9.17) is 5.26 Å². The van der Waals surface area contributed by atoms with E-state index < -0.39 is 0 Å². The molecule has 4 heteroatoms. The fourth-order valence-electron chi connectivity index (χ4n) is 1.08. The van der Waals surface area contributed by atoms with Gasteiger partial charge in [0, 0.05) is 39.2 Å². The summed E-state index contributed by atoms with van der Waals surface area (Å²) in [6.45, 7) is 1.65. The molecule has 4 nitrogen and oxygen atoms in total. The van der Waals surface area contributed by atoms with Crippen LogP contribution in [0.2, 0.25) is 0 Å². The van der Waals surface area contributed by atoms with E-state index in [9.17, 15) is 0 Å². The predicted molar refractivity (Wildman–Crippen MR) is 50.0 cm³/mol. The first kappa shape index (κ1) is 9.75. The number of hydrogen-bond acceptors (Lipinski definition) is 3. The molecule has 13 heavy (non-hydrogen) atoms. The molecule has 0 aliphatic heterocycles. The van der Waals surface area contributed by atoms with Crippen LogP contribution >= 0.6 is 0 Å². The summed E-state index contributed by atoms with van der Waals surface area (Å²) in [5, 5.41) is 15.7. The molecule has 0 amide bonds. The molecule has 0 radical (unpaired) electrons. The van der Waals surface area contributed by atoms with Gasteiger partial charge in [-0.3, -0.25) is 4.68 Å². The van der Waals surface area contributed by atoms with Crippen LogP contribution in [0, 0.1) is 11.3 Å². The molecule has 1 heterocycles. The molecular formula is C9H14N4. The van der Waals surface area contributed by atoms with Gasteiger partial charge in [0.05, 0.1) is 11.8 Å². The molecule has 1 aromatic rings. The predicted octanol–water partition coefficient (Wildman–Crippen LogP) is 0.466. The van der Waals surface area contributed by atoms with Crippen molar-refractivity contribution in [2.24, 2.45) is 7.05 Å². The third-order valence-corrected chi connectivity index (χ3v) is 1.74. The molecule has 0 saturated heterocycles. The summed E-state index contributed by atoms with van der Waals surface area (Å²) in [6.07, 6.45) is 3.43. The Morgan fingerprint density at radius 3 is 3.08 bits per heavy atom. The number of aromatic nitrogens is 2. The van der Waals surface area contributed by atoms with Gasteiger partial charge in [0.15, 0.2) is 0 Å². The third-order valence-electron chi connectivity index (χ3n) is 1.74. The van der Waals surface area contributed by atoms with Crippen LogP contribution in [0.15, 0.2) is 12.3 Å². The van der Waals surface area contributed by atoms with Gasteiger partial charge >= 0.3 is 0 Å². The number of rotatable bonds is 5. The van der Waals surface area contributed by atoms with Crippen molar-refractivity contribution >= 4 is 0 Å².